The molecule has 5 aromatic heterocycles. The smallest absolute Gasteiger partial charge is 0.241 e. The van der Waals surface area contributed by atoms with Gasteiger partial charge in [-0.2, -0.15) is 9.97 Å². The van der Waals surface area contributed by atoms with Crippen LogP contribution in [0.15, 0.2) is 200 Å². The third kappa shape index (κ3) is 5.25. The fourth-order valence-electron chi connectivity index (χ4n) is 8.94. The molecule has 5 heterocycles. The highest BCUT2D eigenvalue weighted by molar-refractivity contribution is 5.97. The second-order valence-electron chi connectivity index (χ2n) is 15.5. The molecule has 8 aromatic carbocycles. The van der Waals surface area contributed by atoms with Crippen molar-refractivity contribution in [3.05, 3.63) is 200 Å². The molecule has 9 nitrogen and oxygen atoms in total. The average molecular weight is 796 g/mol. The Hall–Kier alpha value is -8.69. The van der Waals surface area contributed by atoms with Crippen molar-refractivity contribution in [3.8, 4) is 56.7 Å². The Morgan fingerprint density at radius 3 is 1.23 bits per heavy atom. The number of benzene rings is 8. The molecule has 13 rings (SSSR count). The maximum atomic E-state index is 5.20. The number of fused-ring (bicyclic) bond motifs is 10. The number of para-hydroxylation sites is 4. The Labute approximate surface area is 354 Å². The van der Waals surface area contributed by atoms with E-state index in [2.05, 4.69) is 139 Å². The van der Waals surface area contributed by atoms with E-state index in [0.29, 0.717) is 17.6 Å². The molecule has 62 heavy (non-hydrogen) atoms. The molecule has 0 spiro atoms. The largest absolute Gasteiger partial charge is 0.278 e. The van der Waals surface area contributed by atoms with Gasteiger partial charge in [-0.25, -0.2) is 19.5 Å². The van der Waals surface area contributed by atoms with Gasteiger partial charge in [0.1, 0.15) is 0 Å². The maximum absolute atomic E-state index is 5.20. The van der Waals surface area contributed by atoms with Crippen LogP contribution >= 0.6 is 0 Å². The van der Waals surface area contributed by atoms with Crippen molar-refractivity contribution in [2.45, 2.75) is 0 Å². The van der Waals surface area contributed by atoms with Crippen molar-refractivity contribution in [1.29, 1.82) is 0 Å². The predicted molar refractivity (Wildman–Crippen MR) is 248 cm³/mol. The zero-order chi connectivity index (χ0) is 40.7. The van der Waals surface area contributed by atoms with Crippen molar-refractivity contribution >= 4 is 55.7 Å². The van der Waals surface area contributed by atoms with Gasteiger partial charge in [0, 0.05) is 16.8 Å². The average Bonchev–Trinajstić information content (AvgIpc) is 4.08. The van der Waals surface area contributed by atoms with Gasteiger partial charge in [-0.15, -0.1) is 0 Å². The van der Waals surface area contributed by atoms with Crippen molar-refractivity contribution in [1.82, 2.24) is 42.9 Å². The van der Waals surface area contributed by atoms with Gasteiger partial charge in [-0.05, 0) is 82.9 Å². The van der Waals surface area contributed by atoms with E-state index in [4.69, 9.17) is 24.9 Å². The van der Waals surface area contributed by atoms with Gasteiger partial charge < -0.3 is 0 Å². The minimum absolute atomic E-state index is 0.495. The topological polar surface area (TPSA) is 83.1 Å². The molecule has 0 bridgehead atoms. The first kappa shape index (κ1) is 34.2. The molecule has 0 aliphatic carbocycles. The summed E-state index contributed by atoms with van der Waals surface area (Å²) in [5, 5.41) is 0. The van der Waals surface area contributed by atoms with Crippen LogP contribution in [0.1, 0.15) is 0 Å². The summed E-state index contributed by atoms with van der Waals surface area (Å²) >= 11 is 0. The highest BCUT2D eigenvalue weighted by Gasteiger charge is 2.23. The van der Waals surface area contributed by atoms with Crippen LogP contribution in [0, 0.1) is 0 Å². The van der Waals surface area contributed by atoms with Crippen molar-refractivity contribution in [3.63, 3.8) is 0 Å². The van der Waals surface area contributed by atoms with E-state index in [1.165, 1.54) is 11.1 Å². The van der Waals surface area contributed by atoms with Crippen LogP contribution in [0.5, 0.6) is 0 Å². The van der Waals surface area contributed by atoms with Crippen molar-refractivity contribution in [2.75, 3.05) is 0 Å². The molecular weight excluding hydrogens is 763 g/mol. The van der Waals surface area contributed by atoms with Gasteiger partial charge >= 0.3 is 0 Å². The molecule has 13 aromatic rings. The van der Waals surface area contributed by atoms with Crippen LogP contribution in [-0.2, 0) is 0 Å². The van der Waals surface area contributed by atoms with E-state index in [1.54, 1.807) is 0 Å². The zero-order valence-electron chi connectivity index (χ0n) is 33.1. The summed E-state index contributed by atoms with van der Waals surface area (Å²) in [7, 11) is 0. The van der Waals surface area contributed by atoms with E-state index in [0.717, 1.165) is 83.6 Å². The lowest BCUT2D eigenvalue weighted by molar-refractivity contribution is 0.937. The summed E-state index contributed by atoms with van der Waals surface area (Å²) in [5.74, 6) is 3.27. The van der Waals surface area contributed by atoms with Crippen LogP contribution in [0.4, 0.5) is 0 Å². The van der Waals surface area contributed by atoms with E-state index in [-0.39, 0.29) is 0 Å². The first-order valence-corrected chi connectivity index (χ1v) is 20.6. The van der Waals surface area contributed by atoms with Gasteiger partial charge in [0.15, 0.2) is 11.6 Å². The summed E-state index contributed by atoms with van der Waals surface area (Å²) in [6.07, 6.45) is 0. The van der Waals surface area contributed by atoms with E-state index < -0.39 is 0 Å². The Kier molecular flexibility index (Phi) is 7.40. The molecule has 0 N–H and O–H groups in total. The van der Waals surface area contributed by atoms with Gasteiger partial charge in [0.25, 0.3) is 0 Å². The summed E-state index contributed by atoms with van der Waals surface area (Å²) < 4.78 is 8.83. The lowest BCUT2D eigenvalue weighted by atomic mass is 10.0. The fraction of sp³-hybridized carbons (Fsp3) is 0. The third-order valence-electron chi connectivity index (χ3n) is 11.9. The number of hydrogen-bond acceptors (Lipinski definition) is 5. The minimum atomic E-state index is 0.495. The summed E-state index contributed by atoms with van der Waals surface area (Å²) in [4.78, 5) is 25.6. The van der Waals surface area contributed by atoms with Gasteiger partial charge in [0.2, 0.25) is 17.5 Å². The Morgan fingerprint density at radius 1 is 0.274 bits per heavy atom. The lowest BCUT2D eigenvalue weighted by Gasteiger charge is -2.10. The second-order valence-corrected chi connectivity index (χ2v) is 15.5. The predicted octanol–water partition coefficient (Wildman–Crippen LogP) is 12.0. The number of aromatic nitrogens is 9. The molecule has 0 amide bonds. The molecule has 0 radical (unpaired) electrons. The van der Waals surface area contributed by atoms with Gasteiger partial charge in [-0.3, -0.25) is 13.4 Å². The normalized spacial score (nSPS) is 11.9. The molecule has 0 aliphatic heterocycles. The molecule has 0 atom stereocenters. The van der Waals surface area contributed by atoms with Crippen LogP contribution in [0.2, 0.25) is 0 Å². The Balaban J connectivity index is 1.02. The van der Waals surface area contributed by atoms with E-state index in [1.807, 2.05) is 78.9 Å². The Morgan fingerprint density at radius 2 is 0.694 bits per heavy atom. The van der Waals surface area contributed by atoms with Crippen molar-refractivity contribution < 1.29 is 0 Å². The fourth-order valence-corrected chi connectivity index (χ4v) is 8.94. The standard InChI is InChI=1S/C53H33N9/c1-4-14-34(15-5-1)35-24-28-40(29-25-35)59-45-30-26-38(32-47(45)60-43-22-12-10-20-41(43)54-52(59)60)39-27-31-46-48(33-39)61-44-23-13-11-21-42(44)55-53(61)62(46)51-57-49(36-16-6-2-7-17-36)56-50(58-51)37-18-8-3-9-19-37/h1-33H. The third-order valence-corrected chi connectivity index (χ3v) is 11.9. The van der Waals surface area contributed by atoms with Crippen LogP contribution < -0.4 is 0 Å². The number of hydrogen-bond donors (Lipinski definition) is 0. The highest BCUT2D eigenvalue weighted by atomic mass is 15.3. The van der Waals surface area contributed by atoms with Crippen LogP contribution in [-0.4, -0.2) is 42.9 Å². The number of imidazole rings is 4. The highest BCUT2D eigenvalue weighted by Crippen LogP contribution is 2.36. The van der Waals surface area contributed by atoms with E-state index >= 15 is 0 Å². The summed E-state index contributed by atoms with van der Waals surface area (Å²) in [6.45, 7) is 0. The zero-order valence-corrected chi connectivity index (χ0v) is 33.1. The summed E-state index contributed by atoms with van der Waals surface area (Å²) in [6, 6.07) is 69.3. The molecule has 0 unspecified atom stereocenters. The molecule has 0 saturated carbocycles. The Bertz CT molecular complexity index is 3790. The molecule has 0 fully saturated rings. The quantitative estimate of drug-likeness (QED) is 0.167. The maximum Gasteiger partial charge on any atom is 0.241 e. The monoisotopic (exact) mass is 795 g/mol. The van der Waals surface area contributed by atoms with Crippen LogP contribution in [0.3, 0.4) is 0 Å². The molecule has 9 heteroatoms. The molecule has 290 valence electrons. The summed E-state index contributed by atoms with van der Waals surface area (Å²) in [5.41, 5.74) is 15.3. The molecule has 0 aliphatic rings. The van der Waals surface area contributed by atoms with Crippen molar-refractivity contribution in [2.24, 2.45) is 0 Å². The minimum Gasteiger partial charge on any atom is -0.278 e. The van der Waals surface area contributed by atoms with E-state index in [9.17, 15) is 0 Å². The van der Waals surface area contributed by atoms with Crippen LogP contribution in [0.25, 0.3) is 112 Å². The number of rotatable bonds is 6. The second kappa shape index (κ2) is 13.4. The SMILES string of the molecule is c1ccc(-c2ccc(-n3c4ccc(-c5ccc6c(c5)n5c7ccccc7nc5n6-c5nc(-c6ccccc6)nc(-c6ccccc6)n5)cc4n4c5ccccc5nc34)cc2)cc1. The molecular formula is C53H33N9. The van der Waals surface area contributed by atoms with Gasteiger partial charge in [-0.1, -0.05) is 140 Å². The first-order chi connectivity index (χ1) is 30.7. The van der Waals surface area contributed by atoms with Gasteiger partial charge in [0.05, 0.1) is 44.1 Å². The molecule has 0 saturated heterocycles. The number of nitrogens with zero attached hydrogens (tertiary/aromatic N) is 9. The first-order valence-electron chi connectivity index (χ1n) is 20.6. The lowest BCUT2D eigenvalue weighted by Crippen LogP contribution is -2.07.